The maximum atomic E-state index is 14.4. The molecule has 3 nitrogen and oxygen atoms in total. The van der Waals surface area contributed by atoms with Gasteiger partial charge < -0.3 is 5.73 Å². The zero-order chi connectivity index (χ0) is 17.3. The van der Waals surface area contributed by atoms with E-state index in [9.17, 15) is 9.65 Å². The van der Waals surface area contributed by atoms with E-state index in [1.807, 2.05) is 12.1 Å². The van der Waals surface area contributed by atoms with Gasteiger partial charge in [-0.1, -0.05) is 51.8 Å². The number of anilines is 1. The van der Waals surface area contributed by atoms with E-state index in [4.69, 9.17) is 17.3 Å². The van der Waals surface area contributed by atoms with Crippen LogP contribution in [0.15, 0.2) is 53.0 Å². The molecule has 3 rings (SSSR count). The van der Waals surface area contributed by atoms with Gasteiger partial charge in [0.15, 0.2) is 0 Å². The monoisotopic (exact) mass is 401 g/mol. The molecule has 0 aliphatic heterocycles. The molecular weight excluding hydrogens is 393 g/mol. The van der Waals surface area contributed by atoms with Gasteiger partial charge in [-0.15, -0.1) is 0 Å². The molecule has 0 atom stereocenters. The molecule has 6 heteroatoms. The predicted molar refractivity (Wildman–Crippen MR) is 96.9 cm³/mol. The summed E-state index contributed by atoms with van der Waals surface area (Å²) in [6.45, 7) is 0. The van der Waals surface area contributed by atoms with Gasteiger partial charge in [-0.25, -0.2) is 9.37 Å². The third-order valence-corrected chi connectivity index (χ3v) is 4.35. The van der Waals surface area contributed by atoms with Crippen molar-refractivity contribution in [3.63, 3.8) is 0 Å². The van der Waals surface area contributed by atoms with Gasteiger partial charge in [0, 0.05) is 26.2 Å². The number of nitrogens with two attached hydrogens (primary N) is 1. The van der Waals surface area contributed by atoms with Gasteiger partial charge in [-0.05, 0) is 24.3 Å². The van der Waals surface area contributed by atoms with Crippen LogP contribution in [0.3, 0.4) is 0 Å². The molecule has 1 heterocycles. The van der Waals surface area contributed by atoms with Crippen LogP contribution in [0.25, 0.3) is 22.4 Å². The van der Waals surface area contributed by atoms with Crippen molar-refractivity contribution in [1.82, 2.24) is 4.98 Å². The molecule has 118 valence electrons. The van der Waals surface area contributed by atoms with Crippen molar-refractivity contribution in [2.45, 2.75) is 0 Å². The second kappa shape index (κ2) is 6.60. The zero-order valence-corrected chi connectivity index (χ0v) is 14.6. The number of nitriles is 1. The van der Waals surface area contributed by atoms with E-state index in [2.05, 4.69) is 20.9 Å². The van der Waals surface area contributed by atoms with Gasteiger partial charge >= 0.3 is 0 Å². The van der Waals surface area contributed by atoms with E-state index in [0.717, 1.165) is 0 Å². The number of nitrogen functional groups attached to an aromatic ring is 1. The van der Waals surface area contributed by atoms with Crippen molar-refractivity contribution >= 4 is 33.3 Å². The molecule has 0 bridgehead atoms. The van der Waals surface area contributed by atoms with Gasteiger partial charge in [0.2, 0.25) is 0 Å². The van der Waals surface area contributed by atoms with Crippen LogP contribution in [-0.4, -0.2) is 4.98 Å². The van der Waals surface area contributed by atoms with Crippen molar-refractivity contribution < 1.29 is 4.39 Å². The molecule has 3 aromatic rings. The summed E-state index contributed by atoms with van der Waals surface area (Å²) in [4.78, 5) is 4.25. The van der Waals surface area contributed by atoms with Crippen LogP contribution < -0.4 is 5.73 Å². The Morgan fingerprint density at radius 3 is 2.50 bits per heavy atom. The maximum Gasteiger partial charge on any atom is 0.142 e. The van der Waals surface area contributed by atoms with E-state index < -0.39 is 5.82 Å². The van der Waals surface area contributed by atoms with Crippen LogP contribution in [0.2, 0.25) is 5.02 Å². The second-order valence-electron chi connectivity index (χ2n) is 5.03. The number of hydrogen-bond donors (Lipinski definition) is 1. The fraction of sp³-hybridized carbons (Fsp3) is 0. The molecule has 2 N–H and O–H groups in total. The van der Waals surface area contributed by atoms with Crippen LogP contribution in [0, 0.1) is 17.1 Å². The molecule has 0 saturated carbocycles. The average molecular weight is 403 g/mol. The Bertz CT molecular complexity index is 982. The largest absolute Gasteiger partial charge is 0.383 e. The lowest BCUT2D eigenvalue weighted by Gasteiger charge is -2.12. The Morgan fingerprint density at radius 2 is 1.83 bits per heavy atom. The van der Waals surface area contributed by atoms with Crippen molar-refractivity contribution in [2.75, 3.05) is 5.73 Å². The number of benzene rings is 2. The van der Waals surface area contributed by atoms with Crippen LogP contribution in [-0.2, 0) is 0 Å². The SMILES string of the molecule is N#Cc1c(-c2ccc(Br)cc2F)cc(-c2ccccc2Cl)nc1N. The summed E-state index contributed by atoms with van der Waals surface area (Å²) in [5, 5.41) is 9.89. The highest BCUT2D eigenvalue weighted by Gasteiger charge is 2.17. The van der Waals surface area contributed by atoms with Crippen molar-refractivity contribution in [3.8, 4) is 28.5 Å². The third kappa shape index (κ3) is 2.99. The minimum absolute atomic E-state index is 0.0345. The number of aromatic nitrogens is 1. The van der Waals surface area contributed by atoms with Gasteiger partial charge in [-0.2, -0.15) is 5.26 Å². The smallest absolute Gasteiger partial charge is 0.142 e. The highest BCUT2D eigenvalue weighted by molar-refractivity contribution is 9.10. The molecule has 2 aromatic carbocycles. The number of nitrogens with zero attached hydrogens (tertiary/aromatic N) is 2. The molecule has 0 saturated heterocycles. The number of rotatable bonds is 2. The van der Waals surface area contributed by atoms with E-state index in [0.29, 0.717) is 26.3 Å². The molecule has 0 spiro atoms. The minimum atomic E-state index is -0.461. The van der Waals surface area contributed by atoms with Crippen molar-refractivity contribution in [2.24, 2.45) is 0 Å². The summed E-state index contributed by atoms with van der Waals surface area (Å²) in [5.74, 6) is -0.427. The van der Waals surface area contributed by atoms with Gasteiger partial charge in [0.25, 0.3) is 0 Å². The molecule has 0 fully saturated rings. The van der Waals surface area contributed by atoms with E-state index >= 15 is 0 Å². The van der Waals surface area contributed by atoms with Gasteiger partial charge in [-0.3, -0.25) is 0 Å². The van der Waals surface area contributed by atoms with E-state index in [1.165, 1.54) is 6.07 Å². The first-order chi connectivity index (χ1) is 11.5. The Balaban J connectivity index is 2.29. The molecule has 0 radical (unpaired) electrons. The maximum absolute atomic E-state index is 14.4. The third-order valence-electron chi connectivity index (χ3n) is 3.53. The summed E-state index contributed by atoms with van der Waals surface area (Å²) in [6, 6.07) is 15.4. The molecule has 0 unspecified atom stereocenters. The zero-order valence-electron chi connectivity index (χ0n) is 12.2. The Hall–Kier alpha value is -2.42. The summed E-state index contributed by atoms with van der Waals surface area (Å²) in [5.41, 5.74) is 7.86. The second-order valence-corrected chi connectivity index (χ2v) is 6.35. The molecule has 0 amide bonds. The lowest BCUT2D eigenvalue weighted by atomic mass is 9.98. The first-order valence-corrected chi connectivity index (χ1v) is 8.09. The van der Waals surface area contributed by atoms with Crippen LogP contribution in [0.5, 0.6) is 0 Å². The Morgan fingerprint density at radius 1 is 1.08 bits per heavy atom. The van der Waals surface area contributed by atoms with Crippen LogP contribution >= 0.6 is 27.5 Å². The normalized spacial score (nSPS) is 10.4. The fourth-order valence-corrected chi connectivity index (χ4v) is 2.98. The topological polar surface area (TPSA) is 62.7 Å². The first-order valence-electron chi connectivity index (χ1n) is 6.92. The molecule has 1 aromatic heterocycles. The van der Waals surface area contributed by atoms with Crippen LogP contribution in [0.4, 0.5) is 10.2 Å². The molecule has 0 aliphatic carbocycles. The summed E-state index contributed by atoms with van der Waals surface area (Å²) in [7, 11) is 0. The van der Waals surface area contributed by atoms with Gasteiger partial charge in [0.05, 0.1) is 5.69 Å². The van der Waals surface area contributed by atoms with Gasteiger partial charge in [0.1, 0.15) is 23.3 Å². The Labute approximate surface area is 151 Å². The van der Waals surface area contributed by atoms with Crippen LogP contribution in [0.1, 0.15) is 5.56 Å². The predicted octanol–water partition coefficient (Wildman–Crippen LogP) is 5.42. The van der Waals surface area contributed by atoms with E-state index in [-0.39, 0.29) is 16.9 Å². The fourth-order valence-electron chi connectivity index (χ4n) is 2.41. The highest BCUT2D eigenvalue weighted by Crippen LogP contribution is 2.35. The quantitative estimate of drug-likeness (QED) is 0.622. The summed E-state index contributed by atoms with van der Waals surface area (Å²) < 4.78 is 15.0. The van der Waals surface area contributed by atoms with Crippen molar-refractivity contribution in [3.05, 3.63) is 69.4 Å². The molecule has 24 heavy (non-hydrogen) atoms. The van der Waals surface area contributed by atoms with E-state index in [1.54, 1.807) is 36.4 Å². The first kappa shape index (κ1) is 16.4. The molecular formula is C18H10BrClFN3. The highest BCUT2D eigenvalue weighted by atomic mass is 79.9. The summed E-state index contributed by atoms with van der Waals surface area (Å²) in [6.07, 6.45) is 0. The summed E-state index contributed by atoms with van der Waals surface area (Å²) >= 11 is 9.43. The number of pyridine rings is 1. The number of halogens is 3. The lowest BCUT2D eigenvalue weighted by molar-refractivity contribution is 0.630. The lowest BCUT2D eigenvalue weighted by Crippen LogP contribution is -2.01. The number of hydrogen-bond acceptors (Lipinski definition) is 3. The molecule has 0 aliphatic rings. The average Bonchev–Trinajstić information content (AvgIpc) is 2.54. The standard InChI is InChI=1S/C18H10BrClFN3/c19-10-5-6-11(16(21)7-10)13-8-17(24-18(23)14(13)9-22)12-3-1-2-4-15(12)20/h1-8H,(H2,23,24). The van der Waals surface area contributed by atoms with Crippen molar-refractivity contribution in [1.29, 1.82) is 5.26 Å². The Kier molecular flexibility index (Phi) is 4.52. The minimum Gasteiger partial charge on any atom is -0.383 e.